The van der Waals surface area contributed by atoms with Crippen molar-refractivity contribution in [1.82, 2.24) is 9.55 Å². The molecule has 0 fully saturated rings. The van der Waals surface area contributed by atoms with Gasteiger partial charge in [0.15, 0.2) is 0 Å². The van der Waals surface area contributed by atoms with Crippen LogP contribution in [0, 0.1) is 6.92 Å². The molecule has 4 heteroatoms. The van der Waals surface area contributed by atoms with Crippen LogP contribution < -0.4 is 10.5 Å². The maximum Gasteiger partial charge on any atom is 0.125 e. The van der Waals surface area contributed by atoms with E-state index >= 15 is 0 Å². The van der Waals surface area contributed by atoms with Gasteiger partial charge < -0.3 is 15.0 Å². The highest BCUT2D eigenvalue weighted by Gasteiger charge is 2.08. The Morgan fingerprint density at radius 3 is 2.95 bits per heavy atom. The third-order valence-electron chi connectivity index (χ3n) is 3.20. The summed E-state index contributed by atoms with van der Waals surface area (Å²) < 4.78 is 8.04. The number of aromatic nitrogens is 2. The molecule has 1 aromatic carbocycles. The Labute approximate surface area is 120 Å². The normalized spacial score (nSPS) is 12.3. The number of para-hydroxylation sites is 1. The second-order valence-corrected chi connectivity index (χ2v) is 5.25. The van der Waals surface area contributed by atoms with Gasteiger partial charge in [-0.3, -0.25) is 0 Å². The molecule has 1 unspecified atom stereocenters. The first-order valence-corrected chi connectivity index (χ1v) is 7.09. The van der Waals surface area contributed by atoms with E-state index in [0.29, 0.717) is 6.61 Å². The van der Waals surface area contributed by atoms with Gasteiger partial charge in [-0.2, -0.15) is 0 Å². The van der Waals surface area contributed by atoms with Gasteiger partial charge >= 0.3 is 0 Å². The van der Waals surface area contributed by atoms with Crippen LogP contribution in [0.3, 0.4) is 0 Å². The molecule has 0 bridgehead atoms. The van der Waals surface area contributed by atoms with Gasteiger partial charge in [0.1, 0.15) is 5.75 Å². The average Bonchev–Trinajstić information content (AvgIpc) is 2.89. The minimum Gasteiger partial charge on any atom is -0.493 e. The maximum absolute atomic E-state index is 5.98. The zero-order valence-corrected chi connectivity index (χ0v) is 12.2. The fraction of sp³-hybridized carbons (Fsp3) is 0.438. The Morgan fingerprint density at radius 1 is 1.40 bits per heavy atom. The molecule has 2 N–H and O–H groups in total. The highest BCUT2D eigenvalue weighted by Crippen LogP contribution is 2.24. The first kappa shape index (κ1) is 14.6. The molecule has 1 aromatic heterocycles. The molecule has 0 saturated carbocycles. The van der Waals surface area contributed by atoms with Crippen LogP contribution >= 0.6 is 0 Å². The van der Waals surface area contributed by atoms with Crippen LogP contribution in [-0.2, 0) is 13.0 Å². The number of rotatable bonds is 7. The molecule has 0 spiro atoms. The average molecular weight is 273 g/mol. The molecule has 2 rings (SSSR count). The minimum atomic E-state index is 0.144. The lowest BCUT2D eigenvalue weighted by atomic mass is 10.0. The van der Waals surface area contributed by atoms with Crippen molar-refractivity contribution in [2.75, 3.05) is 6.61 Å². The summed E-state index contributed by atoms with van der Waals surface area (Å²) in [5.41, 5.74) is 8.27. The predicted octanol–water partition coefficient (Wildman–Crippen LogP) is 2.55. The quantitative estimate of drug-likeness (QED) is 0.789. The van der Waals surface area contributed by atoms with E-state index < -0.39 is 0 Å². The summed E-state index contributed by atoms with van der Waals surface area (Å²) in [7, 11) is 0. The summed E-state index contributed by atoms with van der Waals surface area (Å²) in [6.07, 6.45) is 7.40. The van der Waals surface area contributed by atoms with E-state index in [2.05, 4.69) is 34.7 Å². The molecule has 20 heavy (non-hydrogen) atoms. The molecule has 0 aliphatic carbocycles. The first-order valence-electron chi connectivity index (χ1n) is 7.09. The summed E-state index contributed by atoms with van der Waals surface area (Å²) in [6, 6.07) is 6.38. The Morgan fingerprint density at radius 2 is 2.25 bits per heavy atom. The van der Waals surface area contributed by atoms with Gasteiger partial charge in [0.05, 0.1) is 12.9 Å². The van der Waals surface area contributed by atoms with E-state index in [1.165, 1.54) is 11.1 Å². The highest BCUT2D eigenvalue weighted by molar-refractivity contribution is 5.41. The molecule has 1 atom stereocenters. The molecule has 1 heterocycles. The molecule has 0 radical (unpaired) electrons. The fourth-order valence-corrected chi connectivity index (χ4v) is 2.27. The lowest BCUT2D eigenvalue weighted by molar-refractivity contribution is 0.296. The van der Waals surface area contributed by atoms with E-state index in [1.54, 1.807) is 6.20 Å². The number of hydrogen-bond acceptors (Lipinski definition) is 3. The van der Waals surface area contributed by atoms with Gasteiger partial charge in [-0.05, 0) is 37.8 Å². The van der Waals surface area contributed by atoms with Gasteiger partial charge in [-0.15, -0.1) is 0 Å². The van der Waals surface area contributed by atoms with Crippen molar-refractivity contribution < 1.29 is 4.74 Å². The third kappa shape index (κ3) is 4.10. The summed E-state index contributed by atoms with van der Waals surface area (Å²) in [5, 5.41) is 0. The van der Waals surface area contributed by atoms with Crippen molar-refractivity contribution in [2.45, 2.75) is 39.3 Å². The van der Waals surface area contributed by atoms with Crippen LogP contribution in [0.1, 0.15) is 24.5 Å². The number of nitrogens with zero attached hydrogens (tertiary/aromatic N) is 2. The van der Waals surface area contributed by atoms with Crippen molar-refractivity contribution >= 4 is 0 Å². The molecule has 0 aliphatic heterocycles. The van der Waals surface area contributed by atoms with E-state index in [-0.39, 0.29) is 6.04 Å². The number of aryl methyl sites for hydroxylation is 2. The smallest absolute Gasteiger partial charge is 0.125 e. The Bertz CT molecular complexity index is 521. The van der Waals surface area contributed by atoms with Crippen molar-refractivity contribution in [3.05, 3.63) is 48.0 Å². The summed E-state index contributed by atoms with van der Waals surface area (Å²) >= 11 is 0. The lowest BCUT2D eigenvalue weighted by Crippen LogP contribution is -2.18. The van der Waals surface area contributed by atoms with Crippen LogP contribution in [0.15, 0.2) is 36.9 Å². The molecule has 108 valence electrons. The van der Waals surface area contributed by atoms with Gasteiger partial charge in [-0.1, -0.05) is 18.2 Å². The number of nitrogens with two attached hydrogens (primary N) is 1. The minimum absolute atomic E-state index is 0.144. The van der Waals surface area contributed by atoms with Crippen LogP contribution in [0.25, 0.3) is 0 Å². The van der Waals surface area contributed by atoms with Crippen molar-refractivity contribution in [3.63, 3.8) is 0 Å². The second kappa shape index (κ2) is 7.10. The molecular weight excluding hydrogens is 250 g/mol. The Kier molecular flexibility index (Phi) is 5.18. The van der Waals surface area contributed by atoms with E-state index in [1.807, 2.05) is 19.4 Å². The lowest BCUT2D eigenvalue weighted by Gasteiger charge is -2.15. The second-order valence-electron chi connectivity index (χ2n) is 5.25. The van der Waals surface area contributed by atoms with Gasteiger partial charge in [0.25, 0.3) is 0 Å². The molecule has 4 nitrogen and oxygen atoms in total. The van der Waals surface area contributed by atoms with E-state index in [4.69, 9.17) is 10.5 Å². The van der Waals surface area contributed by atoms with Crippen LogP contribution in [0.2, 0.25) is 0 Å². The van der Waals surface area contributed by atoms with Crippen molar-refractivity contribution in [2.24, 2.45) is 5.73 Å². The zero-order valence-electron chi connectivity index (χ0n) is 12.2. The van der Waals surface area contributed by atoms with Crippen LogP contribution in [-0.4, -0.2) is 22.2 Å². The van der Waals surface area contributed by atoms with Crippen molar-refractivity contribution in [3.8, 4) is 5.75 Å². The summed E-state index contributed by atoms with van der Waals surface area (Å²) in [4.78, 5) is 4.03. The van der Waals surface area contributed by atoms with E-state index in [0.717, 1.165) is 25.1 Å². The van der Waals surface area contributed by atoms with Gasteiger partial charge in [0.2, 0.25) is 0 Å². The summed E-state index contributed by atoms with van der Waals surface area (Å²) in [6.45, 7) is 5.73. The molecule has 0 saturated heterocycles. The number of imidazole rings is 1. The SMILES string of the molecule is Cc1cccc(CC(C)N)c1OCCCn1ccnc1. The number of hydrogen-bond donors (Lipinski definition) is 1. The van der Waals surface area contributed by atoms with Crippen LogP contribution in [0.4, 0.5) is 0 Å². The standard InChI is InChI=1S/C16H23N3O/c1-13-5-3-6-15(11-14(2)17)16(13)20-10-4-8-19-9-7-18-12-19/h3,5-7,9,12,14H,4,8,10-11,17H2,1-2H3. The monoisotopic (exact) mass is 273 g/mol. The first-order chi connectivity index (χ1) is 9.66. The Hall–Kier alpha value is -1.81. The van der Waals surface area contributed by atoms with Gasteiger partial charge in [-0.25, -0.2) is 4.98 Å². The largest absolute Gasteiger partial charge is 0.493 e. The predicted molar refractivity (Wildman–Crippen MR) is 80.9 cm³/mol. The highest BCUT2D eigenvalue weighted by atomic mass is 16.5. The Balaban J connectivity index is 1.91. The van der Waals surface area contributed by atoms with Crippen LogP contribution in [0.5, 0.6) is 5.75 Å². The van der Waals surface area contributed by atoms with Crippen molar-refractivity contribution in [1.29, 1.82) is 0 Å². The molecule has 2 aromatic rings. The summed E-state index contributed by atoms with van der Waals surface area (Å²) in [5.74, 6) is 0.996. The van der Waals surface area contributed by atoms with E-state index in [9.17, 15) is 0 Å². The third-order valence-corrected chi connectivity index (χ3v) is 3.20. The molecule has 0 amide bonds. The molecular formula is C16H23N3O. The number of benzene rings is 1. The van der Waals surface area contributed by atoms with Gasteiger partial charge in [0, 0.05) is 25.0 Å². The zero-order chi connectivity index (χ0) is 14.4. The molecule has 0 aliphatic rings. The topological polar surface area (TPSA) is 53.1 Å². The fourth-order valence-electron chi connectivity index (χ4n) is 2.27. The maximum atomic E-state index is 5.98. The number of ether oxygens (including phenoxy) is 1.